The first-order valence-electron chi connectivity index (χ1n) is 6.66. The molecule has 0 spiro atoms. The van der Waals surface area contributed by atoms with E-state index in [1.165, 1.54) is 0 Å². The van der Waals surface area contributed by atoms with Crippen molar-refractivity contribution in [3.63, 3.8) is 0 Å². The van der Waals surface area contributed by atoms with Crippen molar-refractivity contribution in [1.29, 1.82) is 0 Å². The summed E-state index contributed by atoms with van der Waals surface area (Å²) >= 11 is 0. The molecule has 2 heterocycles. The Bertz CT molecular complexity index is 494. The molecular weight excluding hydrogens is 262 g/mol. The SMILES string of the molecule is CC(C)S(=O)(=O)NC1CCN(c2ccccn2)CC1. The van der Waals surface area contributed by atoms with E-state index in [0.29, 0.717) is 0 Å². The molecule has 0 radical (unpaired) electrons. The van der Waals surface area contributed by atoms with Gasteiger partial charge in [-0.3, -0.25) is 0 Å². The lowest BCUT2D eigenvalue weighted by Crippen LogP contribution is -2.46. The Balaban J connectivity index is 1.90. The molecule has 1 aliphatic heterocycles. The molecule has 0 atom stereocenters. The lowest BCUT2D eigenvalue weighted by Gasteiger charge is -2.33. The maximum absolute atomic E-state index is 11.8. The lowest BCUT2D eigenvalue weighted by molar-refractivity contribution is 0.456. The number of hydrogen-bond acceptors (Lipinski definition) is 4. The summed E-state index contributed by atoms with van der Waals surface area (Å²) in [6.45, 7) is 5.07. The lowest BCUT2D eigenvalue weighted by atomic mass is 10.1. The number of pyridine rings is 1. The van der Waals surface area contributed by atoms with Crippen molar-refractivity contribution in [2.75, 3.05) is 18.0 Å². The third-order valence-corrected chi connectivity index (χ3v) is 5.32. The molecule has 0 saturated carbocycles. The van der Waals surface area contributed by atoms with Crippen LogP contribution in [0.4, 0.5) is 5.82 Å². The number of sulfonamides is 1. The third kappa shape index (κ3) is 3.67. The molecule has 0 aromatic carbocycles. The molecule has 1 N–H and O–H groups in total. The van der Waals surface area contributed by atoms with Gasteiger partial charge in [-0.15, -0.1) is 0 Å². The first-order chi connectivity index (χ1) is 8.99. The average molecular weight is 283 g/mol. The maximum Gasteiger partial charge on any atom is 0.214 e. The number of aromatic nitrogens is 1. The van der Waals surface area contributed by atoms with Gasteiger partial charge in [0.2, 0.25) is 10.0 Å². The molecule has 2 rings (SSSR count). The summed E-state index contributed by atoms with van der Waals surface area (Å²) < 4.78 is 26.4. The highest BCUT2D eigenvalue weighted by molar-refractivity contribution is 7.90. The van der Waals surface area contributed by atoms with E-state index in [9.17, 15) is 8.42 Å². The van der Waals surface area contributed by atoms with Gasteiger partial charge in [-0.2, -0.15) is 0 Å². The fourth-order valence-electron chi connectivity index (χ4n) is 2.14. The second-order valence-corrected chi connectivity index (χ2v) is 7.43. The molecule has 1 fully saturated rings. The van der Waals surface area contributed by atoms with Gasteiger partial charge in [0.05, 0.1) is 5.25 Å². The monoisotopic (exact) mass is 283 g/mol. The maximum atomic E-state index is 11.8. The predicted octanol–water partition coefficient (Wildman–Crippen LogP) is 1.38. The number of nitrogens with one attached hydrogen (secondary N) is 1. The predicted molar refractivity (Wildman–Crippen MR) is 76.7 cm³/mol. The largest absolute Gasteiger partial charge is 0.357 e. The van der Waals surface area contributed by atoms with Gasteiger partial charge in [0.15, 0.2) is 0 Å². The topological polar surface area (TPSA) is 62.3 Å². The van der Waals surface area contributed by atoms with E-state index >= 15 is 0 Å². The van der Waals surface area contributed by atoms with Gasteiger partial charge in [-0.1, -0.05) is 6.07 Å². The minimum Gasteiger partial charge on any atom is -0.357 e. The second-order valence-electron chi connectivity index (χ2n) is 5.16. The zero-order chi connectivity index (χ0) is 13.9. The summed E-state index contributed by atoms with van der Waals surface area (Å²) in [5.41, 5.74) is 0. The van der Waals surface area contributed by atoms with Gasteiger partial charge in [-0.25, -0.2) is 18.1 Å². The van der Waals surface area contributed by atoms with Crippen molar-refractivity contribution < 1.29 is 8.42 Å². The van der Waals surface area contributed by atoms with Gasteiger partial charge in [0.25, 0.3) is 0 Å². The van der Waals surface area contributed by atoms with Gasteiger partial charge in [0.1, 0.15) is 5.82 Å². The zero-order valence-electron chi connectivity index (χ0n) is 11.4. The Morgan fingerprint density at radius 3 is 2.53 bits per heavy atom. The van der Waals surface area contributed by atoms with Gasteiger partial charge >= 0.3 is 0 Å². The summed E-state index contributed by atoms with van der Waals surface area (Å²) in [4.78, 5) is 6.51. The molecule has 5 nitrogen and oxygen atoms in total. The fraction of sp³-hybridized carbons (Fsp3) is 0.615. The summed E-state index contributed by atoms with van der Waals surface area (Å²) in [7, 11) is -3.16. The van der Waals surface area contributed by atoms with E-state index in [0.717, 1.165) is 31.7 Å². The average Bonchev–Trinajstić information content (AvgIpc) is 2.40. The van der Waals surface area contributed by atoms with E-state index in [4.69, 9.17) is 0 Å². The first kappa shape index (κ1) is 14.3. The summed E-state index contributed by atoms with van der Waals surface area (Å²) in [6, 6.07) is 5.90. The highest BCUT2D eigenvalue weighted by Crippen LogP contribution is 2.18. The van der Waals surface area contributed by atoms with Crippen molar-refractivity contribution in [2.24, 2.45) is 0 Å². The van der Waals surface area contributed by atoms with Crippen LogP contribution in [0.3, 0.4) is 0 Å². The van der Waals surface area contributed by atoms with E-state index in [1.54, 1.807) is 20.0 Å². The Hall–Kier alpha value is -1.14. The number of piperidine rings is 1. The number of rotatable bonds is 4. The van der Waals surface area contributed by atoms with Crippen LogP contribution >= 0.6 is 0 Å². The van der Waals surface area contributed by atoms with Crippen LogP contribution in [0.15, 0.2) is 24.4 Å². The summed E-state index contributed by atoms with van der Waals surface area (Å²) in [6.07, 6.45) is 3.42. The van der Waals surface area contributed by atoms with Crippen molar-refractivity contribution in [3.8, 4) is 0 Å². The molecule has 1 saturated heterocycles. The van der Waals surface area contributed by atoms with E-state index in [1.807, 2.05) is 18.2 Å². The van der Waals surface area contributed by atoms with E-state index in [2.05, 4.69) is 14.6 Å². The molecular formula is C13H21N3O2S. The molecule has 6 heteroatoms. The Morgan fingerprint density at radius 2 is 2.00 bits per heavy atom. The summed E-state index contributed by atoms with van der Waals surface area (Å²) in [5.74, 6) is 0.965. The smallest absolute Gasteiger partial charge is 0.214 e. The van der Waals surface area contributed by atoms with Crippen LogP contribution in [0, 0.1) is 0 Å². The van der Waals surface area contributed by atoms with Crippen molar-refractivity contribution in [2.45, 2.75) is 38.0 Å². The van der Waals surface area contributed by atoms with Gasteiger partial charge < -0.3 is 4.90 Å². The number of nitrogens with zero attached hydrogens (tertiary/aromatic N) is 2. The van der Waals surface area contributed by atoms with Gasteiger partial charge in [0, 0.05) is 25.3 Å². The van der Waals surface area contributed by atoms with E-state index < -0.39 is 10.0 Å². The minimum atomic E-state index is -3.16. The standard InChI is InChI=1S/C13H21N3O2S/c1-11(2)19(17,18)15-12-6-9-16(10-7-12)13-5-3-4-8-14-13/h3-5,8,11-12,15H,6-7,9-10H2,1-2H3. The number of hydrogen-bond donors (Lipinski definition) is 1. The van der Waals surface area contributed by atoms with Gasteiger partial charge in [-0.05, 0) is 38.8 Å². The highest BCUT2D eigenvalue weighted by atomic mass is 32.2. The second kappa shape index (κ2) is 5.88. The first-order valence-corrected chi connectivity index (χ1v) is 8.21. The van der Waals surface area contributed by atoms with Crippen LogP contribution in [0.1, 0.15) is 26.7 Å². The van der Waals surface area contributed by atoms with E-state index in [-0.39, 0.29) is 11.3 Å². The third-order valence-electron chi connectivity index (χ3n) is 3.42. The van der Waals surface area contributed by atoms with Crippen molar-refractivity contribution >= 4 is 15.8 Å². The number of anilines is 1. The summed E-state index contributed by atoms with van der Waals surface area (Å²) in [5, 5.41) is -0.374. The van der Waals surface area contributed by atoms with Crippen molar-refractivity contribution in [1.82, 2.24) is 9.71 Å². The minimum absolute atomic E-state index is 0.0485. The molecule has 106 valence electrons. The Morgan fingerprint density at radius 1 is 1.32 bits per heavy atom. The van der Waals surface area contributed by atoms with Crippen LogP contribution in [0.2, 0.25) is 0 Å². The molecule has 1 aliphatic rings. The highest BCUT2D eigenvalue weighted by Gasteiger charge is 2.25. The molecule has 0 amide bonds. The van der Waals surface area contributed by atoms with Crippen molar-refractivity contribution in [3.05, 3.63) is 24.4 Å². The molecule has 19 heavy (non-hydrogen) atoms. The van der Waals surface area contributed by atoms with Crippen LogP contribution < -0.4 is 9.62 Å². The van der Waals surface area contributed by atoms with Crippen LogP contribution in [0.5, 0.6) is 0 Å². The zero-order valence-corrected chi connectivity index (χ0v) is 12.2. The van der Waals surface area contributed by atoms with Crippen LogP contribution in [0.25, 0.3) is 0 Å². The fourth-order valence-corrected chi connectivity index (χ4v) is 3.11. The molecule has 0 aliphatic carbocycles. The van der Waals surface area contributed by atoms with Crippen LogP contribution in [-0.2, 0) is 10.0 Å². The Labute approximate surface area is 115 Å². The van der Waals surface area contributed by atoms with Crippen LogP contribution in [-0.4, -0.2) is 37.8 Å². The quantitative estimate of drug-likeness (QED) is 0.907. The molecule has 1 aromatic rings. The molecule has 0 bridgehead atoms. The molecule has 1 aromatic heterocycles. The normalized spacial score (nSPS) is 17.9. The molecule has 0 unspecified atom stereocenters. The Kier molecular flexibility index (Phi) is 4.42.